The van der Waals surface area contributed by atoms with E-state index in [2.05, 4.69) is 0 Å². The summed E-state index contributed by atoms with van der Waals surface area (Å²) in [7, 11) is 0. The van der Waals surface area contributed by atoms with Crippen LogP contribution in [0, 0.1) is 10.1 Å². The summed E-state index contributed by atoms with van der Waals surface area (Å²) in [5, 5.41) is 36.8. The van der Waals surface area contributed by atoms with Crippen molar-refractivity contribution < 1.29 is 25.0 Å². The van der Waals surface area contributed by atoms with Crippen LogP contribution in [0.4, 0.5) is 5.69 Å². The molecule has 1 rings (SSSR count). The van der Waals surface area contributed by atoms with Gasteiger partial charge in [0, 0.05) is 17.7 Å². The highest BCUT2D eigenvalue weighted by molar-refractivity contribution is 5.86. The van der Waals surface area contributed by atoms with E-state index in [0.29, 0.717) is 0 Å². The molecule has 0 atom stereocenters. The number of nitro groups is 1. The quantitative estimate of drug-likeness (QED) is 0.307. The van der Waals surface area contributed by atoms with E-state index in [9.17, 15) is 14.9 Å². The number of nitrogens with zero attached hydrogens (tertiary/aromatic N) is 1. The Balaban J connectivity index is 3.22. The standard InChI is InChI=1S/C10H9NO6/c12-9(13)4-3-6-1-2-7(10(14)15)5-8(6)11(16)17/h1-5,10,14-15H,(H,12,13). The number of rotatable bonds is 4. The van der Waals surface area contributed by atoms with Crippen molar-refractivity contribution in [3.63, 3.8) is 0 Å². The minimum Gasteiger partial charge on any atom is -0.478 e. The maximum atomic E-state index is 10.7. The lowest BCUT2D eigenvalue weighted by Gasteiger charge is -2.04. The third-order valence-corrected chi connectivity index (χ3v) is 1.95. The highest BCUT2D eigenvalue weighted by atomic mass is 16.6. The zero-order valence-electron chi connectivity index (χ0n) is 8.48. The lowest BCUT2D eigenvalue weighted by atomic mass is 10.1. The van der Waals surface area contributed by atoms with Crippen molar-refractivity contribution in [2.45, 2.75) is 6.29 Å². The van der Waals surface area contributed by atoms with Crippen LogP contribution in [0.1, 0.15) is 17.4 Å². The number of hydrogen-bond donors (Lipinski definition) is 3. The Labute approximate surface area is 95.4 Å². The van der Waals surface area contributed by atoms with Crippen molar-refractivity contribution in [3.8, 4) is 0 Å². The number of hydrogen-bond acceptors (Lipinski definition) is 5. The summed E-state index contributed by atoms with van der Waals surface area (Å²) in [5.74, 6) is -1.23. The summed E-state index contributed by atoms with van der Waals surface area (Å²) in [6.45, 7) is 0. The molecular formula is C10H9NO6. The Kier molecular flexibility index (Phi) is 3.91. The van der Waals surface area contributed by atoms with E-state index in [-0.39, 0.29) is 11.1 Å². The highest BCUT2D eigenvalue weighted by Gasteiger charge is 2.15. The van der Waals surface area contributed by atoms with Gasteiger partial charge in [-0.15, -0.1) is 0 Å². The highest BCUT2D eigenvalue weighted by Crippen LogP contribution is 2.24. The Morgan fingerprint density at radius 1 is 1.41 bits per heavy atom. The zero-order valence-corrected chi connectivity index (χ0v) is 8.48. The molecule has 0 amide bonds. The van der Waals surface area contributed by atoms with Gasteiger partial charge in [-0.25, -0.2) is 4.79 Å². The minimum absolute atomic E-state index is 0.0378. The van der Waals surface area contributed by atoms with E-state index < -0.39 is 22.9 Å². The van der Waals surface area contributed by atoms with E-state index in [1.54, 1.807) is 0 Å². The molecule has 17 heavy (non-hydrogen) atoms. The molecule has 0 heterocycles. The first-order chi connectivity index (χ1) is 7.91. The fourth-order valence-electron chi connectivity index (χ4n) is 1.18. The minimum atomic E-state index is -1.81. The Bertz CT molecular complexity index is 480. The molecule has 0 aliphatic carbocycles. The summed E-state index contributed by atoms with van der Waals surface area (Å²) in [4.78, 5) is 20.3. The molecule has 3 N–H and O–H groups in total. The molecule has 0 bridgehead atoms. The third kappa shape index (κ3) is 3.37. The fraction of sp³-hybridized carbons (Fsp3) is 0.100. The van der Waals surface area contributed by atoms with Crippen molar-refractivity contribution >= 4 is 17.7 Å². The number of carbonyl (C=O) groups is 1. The van der Waals surface area contributed by atoms with E-state index >= 15 is 0 Å². The molecule has 1 aromatic carbocycles. The monoisotopic (exact) mass is 239 g/mol. The van der Waals surface area contributed by atoms with E-state index in [4.69, 9.17) is 15.3 Å². The van der Waals surface area contributed by atoms with E-state index in [1.807, 2.05) is 0 Å². The number of carboxylic acid groups (broad SMARTS) is 1. The molecule has 1 aromatic rings. The van der Waals surface area contributed by atoms with Crippen molar-refractivity contribution in [3.05, 3.63) is 45.5 Å². The van der Waals surface area contributed by atoms with Crippen LogP contribution >= 0.6 is 0 Å². The molecule has 0 saturated carbocycles. The molecule has 0 radical (unpaired) electrons. The van der Waals surface area contributed by atoms with Gasteiger partial charge in [0.15, 0.2) is 6.29 Å². The molecular weight excluding hydrogens is 230 g/mol. The maximum absolute atomic E-state index is 10.7. The van der Waals surface area contributed by atoms with E-state index in [0.717, 1.165) is 18.2 Å². The van der Waals surface area contributed by atoms with Crippen molar-refractivity contribution in [2.24, 2.45) is 0 Å². The summed E-state index contributed by atoms with van der Waals surface area (Å²) in [6, 6.07) is 3.48. The normalized spacial score (nSPS) is 11.0. The van der Waals surface area contributed by atoms with Crippen LogP contribution in [-0.2, 0) is 4.79 Å². The van der Waals surface area contributed by atoms with Gasteiger partial charge in [-0.2, -0.15) is 0 Å². The van der Waals surface area contributed by atoms with Crippen LogP contribution in [0.5, 0.6) is 0 Å². The second kappa shape index (κ2) is 5.19. The van der Waals surface area contributed by atoms with Gasteiger partial charge in [0.25, 0.3) is 5.69 Å². The number of nitro benzene ring substituents is 1. The van der Waals surface area contributed by atoms with Crippen molar-refractivity contribution in [2.75, 3.05) is 0 Å². The lowest BCUT2D eigenvalue weighted by Crippen LogP contribution is -1.99. The van der Waals surface area contributed by atoms with Gasteiger partial charge in [0.05, 0.1) is 10.5 Å². The van der Waals surface area contributed by atoms with Gasteiger partial charge < -0.3 is 15.3 Å². The molecule has 0 aliphatic heterocycles. The number of aliphatic hydroxyl groups excluding tert-OH is 1. The molecule has 90 valence electrons. The van der Waals surface area contributed by atoms with E-state index in [1.165, 1.54) is 12.1 Å². The molecule has 0 saturated heterocycles. The maximum Gasteiger partial charge on any atom is 0.328 e. The third-order valence-electron chi connectivity index (χ3n) is 1.95. The molecule has 0 spiro atoms. The summed E-state index contributed by atoms with van der Waals surface area (Å²) in [6.07, 6.45) is 0.0111. The summed E-state index contributed by atoms with van der Waals surface area (Å²) in [5.41, 5.74) is -0.362. The molecule has 7 heteroatoms. The van der Waals surface area contributed by atoms with Gasteiger partial charge in [0.1, 0.15) is 0 Å². The van der Waals surface area contributed by atoms with Crippen molar-refractivity contribution in [1.29, 1.82) is 0 Å². The predicted molar refractivity (Wildman–Crippen MR) is 56.9 cm³/mol. The molecule has 0 aromatic heterocycles. The first kappa shape index (κ1) is 12.8. The van der Waals surface area contributed by atoms with Gasteiger partial charge in [-0.1, -0.05) is 6.07 Å². The van der Waals surface area contributed by atoms with Crippen molar-refractivity contribution in [1.82, 2.24) is 0 Å². The number of carboxylic acids is 1. The predicted octanol–water partition coefficient (Wildman–Crippen LogP) is 0.676. The van der Waals surface area contributed by atoms with Gasteiger partial charge in [-0.3, -0.25) is 10.1 Å². The van der Waals surface area contributed by atoms with Crippen LogP contribution < -0.4 is 0 Å². The first-order valence-electron chi connectivity index (χ1n) is 4.47. The number of benzene rings is 1. The van der Waals surface area contributed by atoms with Crippen LogP contribution in [-0.4, -0.2) is 26.2 Å². The molecule has 0 fully saturated rings. The van der Waals surface area contributed by atoms with Gasteiger partial charge in [-0.05, 0) is 12.1 Å². The van der Waals surface area contributed by atoms with Gasteiger partial charge in [0.2, 0.25) is 0 Å². The number of aliphatic hydroxyl groups is 2. The van der Waals surface area contributed by atoms with Crippen LogP contribution in [0.25, 0.3) is 6.08 Å². The lowest BCUT2D eigenvalue weighted by molar-refractivity contribution is -0.385. The van der Waals surface area contributed by atoms with Crippen LogP contribution in [0.15, 0.2) is 24.3 Å². The smallest absolute Gasteiger partial charge is 0.328 e. The van der Waals surface area contributed by atoms with Crippen LogP contribution in [0.3, 0.4) is 0 Å². The summed E-state index contributed by atoms with van der Waals surface area (Å²) >= 11 is 0. The Morgan fingerprint density at radius 3 is 2.53 bits per heavy atom. The zero-order chi connectivity index (χ0) is 13.0. The summed E-state index contributed by atoms with van der Waals surface area (Å²) < 4.78 is 0. The average Bonchev–Trinajstić information content (AvgIpc) is 2.25. The fourth-order valence-corrected chi connectivity index (χ4v) is 1.18. The largest absolute Gasteiger partial charge is 0.478 e. The van der Waals surface area contributed by atoms with Gasteiger partial charge >= 0.3 is 5.97 Å². The molecule has 7 nitrogen and oxygen atoms in total. The number of aliphatic carboxylic acids is 1. The average molecular weight is 239 g/mol. The molecule has 0 aliphatic rings. The first-order valence-corrected chi connectivity index (χ1v) is 4.47. The topological polar surface area (TPSA) is 121 Å². The SMILES string of the molecule is O=C(O)C=Cc1ccc(C(O)O)cc1[N+](=O)[O-]. The second-order valence-corrected chi connectivity index (χ2v) is 3.12. The molecule has 0 unspecified atom stereocenters. The Hall–Kier alpha value is -2.25. The second-order valence-electron chi connectivity index (χ2n) is 3.12. The Morgan fingerprint density at radius 2 is 2.06 bits per heavy atom. The van der Waals surface area contributed by atoms with Crippen LogP contribution in [0.2, 0.25) is 0 Å².